The van der Waals surface area contributed by atoms with Crippen molar-refractivity contribution in [2.75, 3.05) is 38.1 Å². The Labute approximate surface area is 194 Å². The summed E-state index contributed by atoms with van der Waals surface area (Å²) in [6.45, 7) is 3.16. The third-order valence-electron chi connectivity index (χ3n) is 5.45. The minimum atomic E-state index is -4.39. The van der Waals surface area contributed by atoms with Gasteiger partial charge < -0.3 is 9.80 Å². The fourth-order valence-corrected chi connectivity index (χ4v) is 4.42. The Balaban J connectivity index is 1.69. The van der Waals surface area contributed by atoms with Gasteiger partial charge in [-0.1, -0.05) is 60.3 Å². The first kappa shape index (κ1) is 23.1. The van der Waals surface area contributed by atoms with E-state index in [-0.39, 0.29) is 5.75 Å². The Morgan fingerprint density at radius 1 is 1.00 bits per heavy atom. The molecule has 1 aromatic heterocycles. The summed E-state index contributed by atoms with van der Waals surface area (Å²) in [5, 5.41) is 10.4. The van der Waals surface area contributed by atoms with Crippen molar-refractivity contribution in [3.05, 3.63) is 71.3 Å². The summed E-state index contributed by atoms with van der Waals surface area (Å²) in [4.78, 5) is 13.6. The van der Waals surface area contributed by atoms with Gasteiger partial charge in [0.15, 0.2) is 11.0 Å². The number of piperazine rings is 1. The molecule has 2 heterocycles. The number of hydrogen-bond donors (Lipinski definition) is 0. The number of anilines is 1. The standard InChI is InChI=1S/C24H22F3N5S/c1-31-10-12-32(13-11-31)22-20(15-28)21(18-7-3-2-4-8-18)29-23(30-22)33-16-17-6-5-9-19(14-17)24(25,26)27/h2-9,14H,10-13,16H2,1H3. The maximum atomic E-state index is 13.1. The van der Waals surface area contributed by atoms with Crippen molar-refractivity contribution in [1.82, 2.24) is 14.9 Å². The second-order valence-electron chi connectivity index (χ2n) is 7.81. The van der Waals surface area contributed by atoms with Crippen LogP contribution in [-0.4, -0.2) is 48.1 Å². The van der Waals surface area contributed by atoms with Crippen LogP contribution in [0.1, 0.15) is 16.7 Å². The van der Waals surface area contributed by atoms with Crippen molar-refractivity contribution in [2.24, 2.45) is 0 Å². The largest absolute Gasteiger partial charge is 0.416 e. The number of thioether (sulfide) groups is 1. The number of benzene rings is 2. The smallest absolute Gasteiger partial charge is 0.353 e. The van der Waals surface area contributed by atoms with E-state index in [1.807, 2.05) is 37.4 Å². The van der Waals surface area contributed by atoms with E-state index in [2.05, 4.69) is 25.8 Å². The average Bonchev–Trinajstić information content (AvgIpc) is 2.83. The Bertz CT molecular complexity index is 1150. The van der Waals surface area contributed by atoms with E-state index in [9.17, 15) is 18.4 Å². The quantitative estimate of drug-likeness (QED) is 0.384. The molecule has 0 amide bonds. The number of aromatic nitrogens is 2. The van der Waals surface area contributed by atoms with Crippen LogP contribution < -0.4 is 4.90 Å². The molecule has 170 valence electrons. The van der Waals surface area contributed by atoms with Crippen LogP contribution in [0, 0.1) is 11.3 Å². The maximum absolute atomic E-state index is 13.1. The molecule has 0 aliphatic carbocycles. The molecule has 3 aromatic rings. The van der Waals surface area contributed by atoms with Crippen molar-refractivity contribution in [2.45, 2.75) is 17.1 Å². The summed E-state index contributed by atoms with van der Waals surface area (Å²) in [6, 6.07) is 17.0. The number of halogens is 3. The van der Waals surface area contributed by atoms with E-state index in [0.29, 0.717) is 27.8 Å². The lowest BCUT2D eigenvalue weighted by molar-refractivity contribution is -0.137. The zero-order valence-corrected chi connectivity index (χ0v) is 18.8. The highest BCUT2D eigenvalue weighted by Crippen LogP contribution is 2.34. The minimum Gasteiger partial charge on any atom is -0.353 e. The van der Waals surface area contributed by atoms with Crippen LogP contribution in [0.25, 0.3) is 11.3 Å². The predicted molar refractivity (Wildman–Crippen MR) is 123 cm³/mol. The molecular weight excluding hydrogens is 447 g/mol. The van der Waals surface area contributed by atoms with E-state index in [0.717, 1.165) is 43.9 Å². The fourth-order valence-electron chi connectivity index (χ4n) is 3.63. The lowest BCUT2D eigenvalue weighted by atomic mass is 10.1. The van der Waals surface area contributed by atoms with Gasteiger partial charge in [0.2, 0.25) is 0 Å². The van der Waals surface area contributed by atoms with Crippen molar-refractivity contribution in [1.29, 1.82) is 5.26 Å². The maximum Gasteiger partial charge on any atom is 0.416 e. The molecule has 9 heteroatoms. The van der Waals surface area contributed by atoms with Gasteiger partial charge in [0, 0.05) is 37.5 Å². The highest BCUT2D eigenvalue weighted by atomic mass is 32.2. The number of hydrogen-bond acceptors (Lipinski definition) is 6. The molecular formula is C24H22F3N5S. The molecule has 2 aromatic carbocycles. The van der Waals surface area contributed by atoms with Gasteiger partial charge in [0.25, 0.3) is 0 Å². The summed E-state index contributed by atoms with van der Waals surface area (Å²) < 4.78 is 39.2. The normalized spacial score (nSPS) is 14.8. The Morgan fingerprint density at radius 3 is 2.39 bits per heavy atom. The molecule has 1 aliphatic rings. The van der Waals surface area contributed by atoms with Gasteiger partial charge in [-0.3, -0.25) is 0 Å². The fraction of sp³-hybridized carbons (Fsp3) is 0.292. The zero-order chi connectivity index (χ0) is 23.4. The monoisotopic (exact) mass is 469 g/mol. The number of alkyl halides is 3. The highest BCUT2D eigenvalue weighted by Gasteiger charge is 2.30. The zero-order valence-electron chi connectivity index (χ0n) is 18.0. The van der Waals surface area contributed by atoms with Crippen LogP contribution >= 0.6 is 11.8 Å². The molecule has 0 bridgehead atoms. The highest BCUT2D eigenvalue weighted by molar-refractivity contribution is 7.98. The minimum absolute atomic E-state index is 0.284. The van der Waals surface area contributed by atoms with Crippen LogP contribution in [0.5, 0.6) is 0 Å². The molecule has 1 fully saturated rings. The first-order valence-electron chi connectivity index (χ1n) is 10.4. The van der Waals surface area contributed by atoms with Crippen molar-refractivity contribution in [3.8, 4) is 17.3 Å². The summed E-state index contributed by atoms with van der Waals surface area (Å²) >= 11 is 1.26. The Kier molecular flexibility index (Phi) is 6.86. The third-order valence-corrected chi connectivity index (χ3v) is 6.37. The summed E-state index contributed by atoms with van der Waals surface area (Å²) in [5.41, 5.74) is 1.60. The second-order valence-corrected chi connectivity index (χ2v) is 8.75. The molecule has 33 heavy (non-hydrogen) atoms. The lowest BCUT2D eigenvalue weighted by Crippen LogP contribution is -2.45. The van der Waals surface area contributed by atoms with Crippen LogP contribution in [-0.2, 0) is 11.9 Å². The van der Waals surface area contributed by atoms with E-state index < -0.39 is 11.7 Å². The van der Waals surface area contributed by atoms with Gasteiger partial charge in [-0.25, -0.2) is 9.97 Å². The second kappa shape index (κ2) is 9.81. The van der Waals surface area contributed by atoms with E-state index in [1.165, 1.54) is 17.8 Å². The Morgan fingerprint density at radius 2 is 1.73 bits per heavy atom. The van der Waals surface area contributed by atoms with Crippen molar-refractivity contribution in [3.63, 3.8) is 0 Å². The van der Waals surface area contributed by atoms with Crippen LogP contribution in [0.3, 0.4) is 0 Å². The molecule has 0 radical (unpaired) electrons. The summed E-state index contributed by atoms with van der Waals surface area (Å²) in [7, 11) is 2.05. The molecule has 1 saturated heterocycles. The first-order chi connectivity index (χ1) is 15.8. The van der Waals surface area contributed by atoms with Crippen molar-refractivity contribution >= 4 is 17.6 Å². The van der Waals surface area contributed by atoms with Crippen LogP contribution in [0.4, 0.5) is 19.0 Å². The predicted octanol–water partition coefficient (Wildman–Crippen LogP) is 5.08. The average molecular weight is 470 g/mol. The molecule has 0 atom stereocenters. The van der Waals surface area contributed by atoms with E-state index >= 15 is 0 Å². The number of nitriles is 1. The van der Waals surface area contributed by atoms with Gasteiger partial charge in [0.05, 0.1) is 11.3 Å². The summed E-state index contributed by atoms with van der Waals surface area (Å²) in [5.74, 6) is 0.859. The van der Waals surface area contributed by atoms with E-state index in [1.54, 1.807) is 6.07 Å². The topological polar surface area (TPSA) is 56.1 Å². The van der Waals surface area contributed by atoms with Crippen LogP contribution in [0.15, 0.2) is 59.8 Å². The number of likely N-dealkylation sites (N-methyl/N-ethyl adjacent to an activating group) is 1. The molecule has 5 nitrogen and oxygen atoms in total. The Hall–Kier alpha value is -3.09. The van der Waals surface area contributed by atoms with Gasteiger partial charge in [0.1, 0.15) is 11.6 Å². The van der Waals surface area contributed by atoms with Gasteiger partial charge >= 0.3 is 6.18 Å². The SMILES string of the molecule is CN1CCN(c2nc(SCc3cccc(C(F)(F)F)c3)nc(-c3ccccc3)c2C#N)CC1. The third kappa shape index (κ3) is 5.46. The molecule has 0 unspecified atom stereocenters. The summed E-state index contributed by atoms with van der Waals surface area (Å²) in [6.07, 6.45) is -4.39. The number of nitrogens with zero attached hydrogens (tertiary/aromatic N) is 5. The first-order valence-corrected chi connectivity index (χ1v) is 11.4. The molecule has 4 rings (SSSR count). The van der Waals surface area contributed by atoms with Gasteiger partial charge in [-0.05, 0) is 18.7 Å². The van der Waals surface area contributed by atoms with Crippen molar-refractivity contribution < 1.29 is 13.2 Å². The van der Waals surface area contributed by atoms with Gasteiger partial charge in [-0.15, -0.1) is 0 Å². The molecule has 0 saturated carbocycles. The molecule has 1 aliphatic heterocycles. The van der Waals surface area contributed by atoms with Gasteiger partial charge in [-0.2, -0.15) is 18.4 Å². The molecule has 0 spiro atoms. The van der Waals surface area contributed by atoms with E-state index in [4.69, 9.17) is 0 Å². The molecule has 0 N–H and O–H groups in total. The van der Waals surface area contributed by atoms with Crippen LogP contribution in [0.2, 0.25) is 0 Å². The number of rotatable bonds is 5. The lowest BCUT2D eigenvalue weighted by Gasteiger charge is -2.34.